The van der Waals surface area contributed by atoms with Gasteiger partial charge in [0, 0.05) is 6.85 Å². The number of phenolic OH excluding ortho intramolecular Hbond substituents is 1. The Morgan fingerprint density at radius 1 is 1.38 bits per heavy atom. The van der Waals surface area contributed by atoms with Crippen LogP contribution in [0, 0.1) is 0 Å². The molecule has 0 saturated heterocycles. The second-order valence-electron chi connectivity index (χ2n) is 2.84. The molecule has 0 aromatic heterocycles. The van der Waals surface area contributed by atoms with Crippen molar-refractivity contribution in [1.82, 2.24) is 0 Å². The van der Waals surface area contributed by atoms with Crippen molar-refractivity contribution in [3.8, 4) is 5.75 Å². The fourth-order valence-electron chi connectivity index (χ4n) is 1.38. The van der Waals surface area contributed by atoms with Crippen LogP contribution < -0.4 is 0 Å². The minimum absolute atomic E-state index is 0.0640. The summed E-state index contributed by atoms with van der Waals surface area (Å²) in [5.41, 5.74) is 0.111. The maximum Gasteiger partial charge on any atom is 0.116 e. The maximum atomic E-state index is 9.38. The fraction of sp³-hybridized carbons (Fsp3) is 0.167. The van der Waals surface area contributed by atoms with Gasteiger partial charge in [0.25, 0.3) is 0 Å². The zero-order valence-electron chi connectivity index (χ0n) is 11.9. The number of benzene rings is 2. The van der Waals surface area contributed by atoms with Gasteiger partial charge in [-0.2, -0.15) is 0 Å². The summed E-state index contributed by atoms with van der Waals surface area (Å²) in [6.45, 7) is -2.74. The minimum Gasteiger partial charge on any atom is -0.508 e. The average Bonchev–Trinajstić information content (AvgIpc) is 2.26. The van der Waals surface area contributed by atoms with Crippen LogP contribution in [0.2, 0.25) is 0 Å². The summed E-state index contributed by atoms with van der Waals surface area (Å²) < 4.78 is 37.5. The molecule has 2 rings (SSSR count). The molecule has 0 aliphatic carbocycles. The van der Waals surface area contributed by atoms with Gasteiger partial charge in [0.05, 0.1) is 0 Å². The van der Waals surface area contributed by atoms with Gasteiger partial charge in [0.15, 0.2) is 0 Å². The van der Waals surface area contributed by atoms with Gasteiger partial charge < -0.3 is 5.11 Å². The van der Waals surface area contributed by atoms with E-state index in [1.807, 2.05) is 0 Å². The number of aryl methyl sites for hydroxylation is 1. The molecule has 0 saturated carbocycles. The third-order valence-electron chi connectivity index (χ3n) is 2.00. The molecule has 0 aliphatic rings. The number of hydrogen-bond acceptors (Lipinski definition) is 1. The van der Waals surface area contributed by atoms with Crippen LogP contribution in [0.25, 0.3) is 10.8 Å². The second kappa shape index (κ2) is 3.09. The maximum absolute atomic E-state index is 9.38. The molecule has 2 aromatic rings. The van der Waals surface area contributed by atoms with E-state index in [1.54, 1.807) is 12.1 Å². The van der Waals surface area contributed by atoms with E-state index < -0.39 is 13.2 Å². The van der Waals surface area contributed by atoms with Crippen molar-refractivity contribution in [1.29, 1.82) is 0 Å². The highest BCUT2D eigenvalue weighted by atomic mass is 16.3. The van der Waals surface area contributed by atoms with Crippen LogP contribution in [0.5, 0.6) is 5.75 Å². The molecular weight excluding hydrogens is 160 g/mol. The third kappa shape index (κ3) is 1.37. The van der Waals surface area contributed by atoms with Crippen molar-refractivity contribution in [2.24, 2.45) is 0 Å². The van der Waals surface area contributed by atoms with Gasteiger partial charge in [-0.3, -0.25) is 0 Å². The van der Waals surface area contributed by atoms with Crippen molar-refractivity contribution in [2.45, 2.75) is 13.2 Å². The van der Waals surface area contributed by atoms with Gasteiger partial charge in [0.1, 0.15) is 5.75 Å². The van der Waals surface area contributed by atoms with Crippen LogP contribution in [0.3, 0.4) is 0 Å². The van der Waals surface area contributed by atoms with E-state index in [2.05, 4.69) is 0 Å². The molecule has 0 heterocycles. The van der Waals surface area contributed by atoms with Crippen molar-refractivity contribution >= 4 is 10.8 Å². The Labute approximate surface area is 84.7 Å². The molecule has 66 valence electrons. The Balaban J connectivity index is 2.73. The Hall–Kier alpha value is -1.50. The van der Waals surface area contributed by atoms with E-state index >= 15 is 0 Å². The summed E-state index contributed by atoms with van der Waals surface area (Å²) in [4.78, 5) is 0. The highest BCUT2D eigenvalue weighted by molar-refractivity contribution is 5.86. The molecule has 1 nitrogen and oxygen atoms in total. The lowest BCUT2D eigenvalue weighted by molar-refractivity contribution is 0.476. The summed E-state index contributed by atoms with van der Waals surface area (Å²) in [6, 6.07) is 9.18. The summed E-state index contributed by atoms with van der Waals surface area (Å²) in [5.74, 6) is 0.0640. The van der Waals surface area contributed by atoms with Crippen LogP contribution in [0.1, 0.15) is 19.3 Å². The van der Waals surface area contributed by atoms with Crippen molar-refractivity contribution < 1.29 is 12.0 Å². The van der Waals surface area contributed by atoms with Crippen molar-refractivity contribution in [3.63, 3.8) is 0 Å². The lowest BCUT2D eigenvalue weighted by Gasteiger charge is -2.03. The number of fused-ring (bicyclic) bond motifs is 1. The van der Waals surface area contributed by atoms with Crippen molar-refractivity contribution in [3.05, 3.63) is 42.0 Å². The summed E-state index contributed by atoms with van der Waals surface area (Å²) in [6.07, 6.45) is -2.43. The van der Waals surface area contributed by atoms with Gasteiger partial charge >= 0.3 is 0 Å². The molecule has 0 radical (unpaired) electrons. The number of phenols is 1. The third-order valence-corrected chi connectivity index (χ3v) is 2.00. The Bertz CT molecular complexity index is 589. The molecule has 0 spiro atoms. The van der Waals surface area contributed by atoms with E-state index in [4.69, 9.17) is 6.85 Å². The van der Waals surface area contributed by atoms with Gasteiger partial charge in [-0.1, -0.05) is 31.1 Å². The highest BCUT2D eigenvalue weighted by Crippen LogP contribution is 2.23. The van der Waals surface area contributed by atoms with E-state index in [9.17, 15) is 5.11 Å². The standard InChI is InChI=1S/C12H12O/c1-2-9-4-3-5-10-8-11(13)6-7-12(9)10/h3-8,13H,2H2,1H3/i1D3,2D2. The quantitative estimate of drug-likeness (QED) is 0.709. The molecule has 0 bridgehead atoms. The lowest BCUT2D eigenvalue weighted by atomic mass is 10.0. The van der Waals surface area contributed by atoms with Crippen LogP contribution in [-0.2, 0) is 6.37 Å². The average molecular weight is 177 g/mol. The first-order valence-corrected chi connectivity index (χ1v) is 3.96. The molecular formula is C12H12O. The Morgan fingerprint density at radius 2 is 2.31 bits per heavy atom. The molecule has 1 N–H and O–H groups in total. The minimum atomic E-state index is -2.74. The largest absolute Gasteiger partial charge is 0.508 e. The molecule has 0 fully saturated rings. The Kier molecular flexibility index (Phi) is 0.985. The monoisotopic (exact) mass is 177 g/mol. The molecule has 0 aliphatic heterocycles. The smallest absolute Gasteiger partial charge is 0.116 e. The van der Waals surface area contributed by atoms with Crippen LogP contribution in [0.15, 0.2) is 36.4 Å². The fourth-order valence-corrected chi connectivity index (χ4v) is 1.38. The van der Waals surface area contributed by atoms with Crippen molar-refractivity contribution in [2.75, 3.05) is 0 Å². The van der Waals surface area contributed by atoms with Gasteiger partial charge in [-0.05, 0) is 34.8 Å². The molecule has 0 amide bonds. The van der Waals surface area contributed by atoms with E-state index in [-0.39, 0.29) is 11.3 Å². The zero-order chi connectivity index (χ0) is 13.6. The summed E-state index contributed by atoms with van der Waals surface area (Å²) in [5, 5.41) is 10.5. The van der Waals surface area contributed by atoms with E-state index in [0.29, 0.717) is 10.8 Å². The Morgan fingerprint density at radius 3 is 3.15 bits per heavy atom. The topological polar surface area (TPSA) is 20.2 Å². The normalized spacial score (nSPS) is 18.3. The van der Waals surface area contributed by atoms with Gasteiger partial charge in [0.2, 0.25) is 0 Å². The summed E-state index contributed by atoms with van der Waals surface area (Å²) in [7, 11) is 0. The van der Waals surface area contributed by atoms with E-state index in [1.165, 1.54) is 24.3 Å². The molecule has 0 unspecified atom stereocenters. The number of aromatic hydroxyl groups is 1. The highest BCUT2D eigenvalue weighted by Gasteiger charge is 1.98. The first kappa shape index (κ1) is 4.14. The number of rotatable bonds is 1. The predicted molar refractivity (Wildman–Crippen MR) is 55.0 cm³/mol. The molecule has 1 heteroatoms. The van der Waals surface area contributed by atoms with Gasteiger partial charge in [-0.25, -0.2) is 0 Å². The number of hydrogen-bond donors (Lipinski definition) is 1. The first-order valence-electron chi connectivity index (χ1n) is 6.46. The predicted octanol–water partition coefficient (Wildman–Crippen LogP) is 3.11. The SMILES string of the molecule is [2H]C([2H])([2H])C([2H])([2H])c1cccc2cc(O)ccc12. The van der Waals surface area contributed by atoms with Crippen LogP contribution >= 0.6 is 0 Å². The van der Waals surface area contributed by atoms with E-state index in [0.717, 1.165) is 0 Å². The molecule has 0 atom stereocenters. The first-order chi connectivity index (χ1) is 8.23. The molecule has 13 heavy (non-hydrogen) atoms. The summed E-state index contributed by atoms with van der Waals surface area (Å²) >= 11 is 0. The zero-order valence-corrected chi connectivity index (χ0v) is 6.91. The van der Waals surface area contributed by atoms with Gasteiger partial charge in [-0.15, -0.1) is 0 Å². The van der Waals surface area contributed by atoms with Crippen LogP contribution in [0.4, 0.5) is 0 Å². The van der Waals surface area contributed by atoms with Crippen LogP contribution in [-0.4, -0.2) is 5.11 Å². The molecule has 2 aromatic carbocycles. The second-order valence-corrected chi connectivity index (χ2v) is 2.84. The lowest BCUT2D eigenvalue weighted by Crippen LogP contribution is -1.82.